The van der Waals surface area contributed by atoms with E-state index in [1.165, 1.54) is 24.2 Å². The summed E-state index contributed by atoms with van der Waals surface area (Å²) in [5.41, 5.74) is 0.394. The summed E-state index contributed by atoms with van der Waals surface area (Å²) in [6.45, 7) is 0.843. The highest BCUT2D eigenvalue weighted by Crippen LogP contribution is 2.43. The van der Waals surface area contributed by atoms with Crippen molar-refractivity contribution in [2.24, 2.45) is 5.41 Å². The van der Waals surface area contributed by atoms with Gasteiger partial charge in [-0.3, -0.25) is 0 Å². The van der Waals surface area contributed by atoms with E-state index in [2.05, 4.69) is 40.4 Å². The van der Waals surface area contributed by atoms with Gasteiger partial charge >= 0.3 is 0 Å². The first-order valence-electron chi connectivity index (χ1n) is 5.61. The predicted octanol–water partition coefficient (Wildman–Crippen LogP) is 4.35. The molecule has 1 aromatic rings. The van der Waals surface area contributed by atoms with Gasteiger partial charge in [-0.1, -0.05) is 34.5 Å². The lowest BCUT2D eigenvalue weighted by molar-refractivity contribution is 0.0822. The highest BCUT2D eigenvalue weighted by Gasteiger charge is 2.36. The van der Waals surface area contributed by atoms with Crippen LogP contribution >= 0.6 is 27.7 Å². The smallest absolute Gasteiger partial charge is 0.132 e. The molecule has 1 saturated carbocycles. The third-order valence-corrected chi connectivity index (χ3v) is 5.27. The zero-order valence-electron chi connectivity index (χ0n) is 9.54. The summed E-state index contributed by atoms with van der Waals surface area (Å²) in [6, 6.07) is 8.27. The van der Waals surface area contributed by atoms with Gasteiger partial charge in [0.2, 0.25) is 0 Å². The van der Waals surface area contributed by atoms with Crippen molar-refractivity contribution in [3.8, 4) is 5.75 Å². The molecular weight excluding hydrogens is 284 g/mol. The standard InChI is InChI=1S/C13H17BrOS/c1-16-12-6-3-2-5-11(12)15-10-13(9-14)7-4-8-13/h2-3,5-6H,4,7-10H2,1H3. The average molecular weight is 301 g/mol. The Morgan fingerprint density at radius 3 is 2.69 bits per heavy atom. The molecule has 0 spiro atoms. The van der Waals surface area contributed by atoms with Crippen molar-refractivity contribution in [3.05, 3.63) is 24.3 Å². The fourth-order valence-electron chi connectivity index (χ4n) is 1.96. The van der Waals surface area contributed by atoms with Gasteiger partial charge in [-0.15, -0.1) is 11.8 Å². The van der Waals surface area contributed by atoms with E-state index in [1.54, 1.807) is 11.8 Å². The molecule has 0 saturated heterocycles. The summed E-state index contributed by atoms with van der Waals surface area (Å²) in [5.74, 6) is 1.03. The third kappa shape index (κ3) is 2.57. The minimum atomic E-state index is 0.394. The van der Waals surface area contributed by atoms with Gasteiger partial charge in [0.15, 0.2) is 0 Å². The van der Waals surface area contributed by atoms with Crippen molar-refractivity contribution in [2.75, 3.05) is 18.2 Å². The Kier molecular flexibility index (Phi) is 4.20. The quantitative estimate of drug-likeness (QED) is 0.590. The Balaban J connectivity index is 1.98. The molecule has 0 bridgehead atoms. The highest BCUT2D eigenvalue weighted by atomic mass is 79.9. The van der Waals surface area contributed by atoms with Crippen LogP contribution in [0, 0.1) is 5.41 Å². The Morgan fingerprint density at radius 2 is 2.12 bits per heavy atom. The lowest BCUT2D eigenvalue weighted by Crippen LogP contribution is -2.37. The zero-order chi connectivity index (χ0) is 11.4. The van der Waals surface area contributed by atoms with E-state index < -0.39 is 0 Å². The van der Waals surface area contributed by atoms with Gasteiger partial charge in [-0.25, -0.2) is 0 Å². The Hall–Kier alpha value is -0.150. The number of hydrogen-bond donors (Lipinski definition) is 0. The number of hydrogen-bond acceptors (Lipinski definition) is 2. The van der Waals surface area contributed by atoms with Crippen molar-refractivity contribution >= 4 is 27.7 Å². The average Bonchev–Trinajstić information content (AvgIpc) is 2.29. The van der Waals surface area contributed by atoms with Crippen LogP contribution < -0.4 is 4.74 Å². The second kappa shape index (κ2) is 5.46. The van der Waals surface area contributed by atoms with Crippen molar-refractivity contribution in [1.29, 1.82) is 0 Å². The number of alkyl halides is 1. The Bertz CT molecular complexity index is 344. The van der Waals surface area contributed by atoms with Gasteiger partial charge in [0, 0.05) is 15.6 Å². The molecule has 0 aliphatic heterocycles. The van der Waals surface area contributed by atoms with E-state index >= 15 is 0 Å². The normalized spacial score (nSPS) is 17.9. The Morgan fingerprint density at radius 1 is 1.38 bits per heavy atom. The lowest BCUT2D eigenvalue weighted by atomic mass is 9.71. The number of para-hydroxylation sites is 1. The van der Waals surface area contributed by atoms with Crippen LogP contribution in [0.1, 0.15) is 19.3 Å². The van der Waals surface area contributed by atoms with Gasteiger partial charge in [-0.2, -0.15) is 0 Å². The fourth-order valence-corrected chi connectivity index (χ4v) is 3.23. The van der Waals surface area contributed by atoms with Crippen molar-refractivity contribution < 1.29 is 4.74 Å². The first kappa shape index (κ1) is 12.3. The molecule has 0 unspecified atom stereocenters. The minimum Gasteiger partial charge on any atom is -0.492 e. The molecule has 0 aromatic heterocycles. The molecule has 16 heavy (non-hydrogen) atoms. The van der Waals surface area contributed by atoms with Crippen LogP contribution in [0.4, 0.5) is 0 Å². The van der Waals surface area contributed by atoms with Crippen LogP contribution in [0.25, 0.3) is 0 Å². The van der Waals surface area contributed by atoms with E-state index in [1.807, 2.05) is 6.07 Å². The number of benzene rings is 1. The number of ether oxygens (including phenoxy) is 1. The summed E-state index contributed by atoms with van der Waals surface area (Å²) in [7, 11) is 0. The maximum absolute atomic E-state index is 5.98. The fraction of sp³-hybridized carbons (Fsp3) is 0.538. The SMILES string of the molecule is CSc1ccccc1OCC1(CBr)CCC1. The predicted molar refractivity (Wildman–Crippen MR) is 73.8 cm³/mol. The molecule has 3 heteroatoms. The molecule has 0 radical (unpaired) electrons. The maximum Gasteiger partial charge on any atom is 0.132 e. The van der Waals surface area contributed by atoms with E-state index in [0.29, 0.717) is 5.41 Å². The first-order chi connectivity index (χ1) is 7.79. The summed E-state index contributed by atoms with van der Waals surface area (Å²) in [4.78, 5) is 1.23. The summed E-state index contributed by atoms with van der Waals surface area (Å²) < 4.78 is 5.98. The van der Waals surface area contributed by atoms with Gasteiger partial charge in [0.1, 0.15) is 5.75 Å². The minimum absolute atomic E-state index is 0.394. The highest BCUT2D eigenvalue weighted by molar-refractivity contribution is 9.09. The second-order valence-corrected chi connectivity index (χ2v) is 5.84. The molecule has 1 fully saturated rings. The molecule has 88 valence electrons. The molecule has 0 heterocycles. The Labute approximate surface area is 110 Å². The van der Waals surface area contributed by atoms with Crippen molar-refractivity contribution in [3.63, 3.8) is 0 Å². The summed E-state index contributed by atoms with van der Waals surface area (Å²) in [6.07, 6.45) is 6.02. The second-order valence-electron chi connectivity index (χ2n) is 4.43. The topological polar surface area (TPSA) is 9.23 Å². The van der Waals surface area contributed by atoms with Gasteiger partial charge in [0.05, 0.1) is 6.61 Å². The monoisotopic (exact) mass is 300 g/mol. The number of halogens is 1. The molecule has 1 aliphatic rings. The molecule has 1 aromatic carbocycles. The van der Waals surface area contributed by atoms with Crippen LogP contribution in [0.15, 0.2) is 29.2 Å². The van der Waals surface area contributed by atoms with E-state index in [0.717, 1.165) is 17.7 Å². The maximum atomic E-state index is 5.98. The van der Waals surface area contributed by atoms with E-state index in [9.17, 15) is 0 Å². The molecular formula is C13H17BrOS. The van der Waals surface area contributed by atoms with Crippen LogP contribution in [-0.4, -0.2) is 18.2 Å². The van der Waals surface area contributed by atoms with Gasteiger partial charge < -0.3 is 4.74 Å². The third-order valence-electron chi connectivity index (χ3n) is 3.30. The van der Waals surface area contributed by atoms with Crippen LogP contribution in [0.3, 0.4) is 0 Å². The molecule has 1 nitrogen and oxygen atoms in total. The van der Waals surface area contributed by atoms with Crippen LogP contribution in [-0.2, 0) is 0 Å². The number of thioether (sulfide) groups is 1. The van der Waals surface area contributed by atoms with Crippen LogP contribution in [0.5, 0.6) is 5.75 Å². The van der Waals surface area contributed by atoms with Crippen LogP contribution in [0.2, 0.25) is 0 Å². The largest absolute Gasteiger partial charge is 0.492 e. The molecule has 2 rings (SSSR count). The van der Waals surface area contributed by atoms with Gasteiger partial charge in [0.25, 0.3) is 0 Å². The van der Waals surface area contributed by atoms with Crippen molar-refractivity contribution in [1.82, 2.24) is 0 Å². The first-order valence-corrected chi connectivity index (χ1v) is 7.96. The van der Waals surface area contributed by atoms with E-state index in [-0.39, 0.29) is 0 Å². The summed E-state index contributed by atoms with van der Waals surface area (Å²) >= 11 is 5.35. The zero-order valence-corrected chi connectivity index (χ0v) is 11.9. The summed E-state index contributed by atoms with van der Waals surface area (Å²) in [5, 5.41) is 1.06. The molecule has 0 amide bonds. The lowest BCUT2D eigenvalue weighted by Gasteiger charge is -2.40. The van der Waals surface area contributed by atoms with Crippen molar-refractivity contribution in [2.45, 2.75) is 24.2 Å². The van der Waals surface area contributed by atoms with E-state index in [4.69, 9.17) is 4.74 Å². The van der Waals surface area contributed by atoms with Gasteiger partial charge in [-0.05, 0) is 31.2 Å². The molecule has 0 N–H and O–H groups in total. The molecule has 0 atom stereocenters. The number of rotatable bonds is 5. The molecule has 1 aliphatic carbocycles.